The molecular weight excluding hydrogens is 228 g/mol. The highest BCUT2D eigenvalue weighted by Crippen LogP contribution is 2.27. The van der Waals surface area contributed by atoms with Gasteiger partial charge in [-0.25, -0.2) is 0 Å². The molecule has 1 N–H and O–H groups in total. The number of hydrogen-bond acceptors (Lipinski definition) is 3. The Hall–Kier alpha value is -1.51. The van der Waals surface area contributed by atoms with Crippen molar-refractivity contribution < 1.29 is 14.6 Å². The van der Waals surface area contributed by atoms with Crippen molar-refractivity contribution in [3.05, 3.63) is 23.8 Å². The summed E-state index contributed by atoms with van der Waals surface area (Å²) in [6.45, 7) is 4.27. The summed E-state index contributed by atoms with van der Waals surface area (Å²) in [5, 5.41) is 9.70. The Morgan fingerprint density at radius 2 is 1.94 bits per heavy atom. The van der Waals surface area contributed by atoms with Gasteiger partial charge in [0, 0.05) is 5.56 Å². The van der Waals surface area contributed by atoms with E-state index in [1.807, 2.05) is 0 Å². The number of aromatic hydroxyl groups is 1. The topological polar surface area (TPSA) is 46.5 Å². The summed E-state index contributed by atoms with van der Waals surface area (Å²) in [6, 6.07) is 4.78. The second kappa shape index (κ2) is 7.75. The molecule has 3 heteroatoms. The van der Waals surface area contributed by atoms with Crippen LogP contribution in [0.1, 0.15) is 56.3 Å². The van der Waals surface area contributed by atoms with Gasteiger partial charge in [0.25, 0.3) is 0 Å². The highest BCUT2D eigenvalue weighted by molar-refractivity contribution is 5.94. The van der Waals surface area contributed by atoms with Crippen molar-refractivity contribution >= 4 is 5.78 Å². The van der Waals surface area contributed by atoms with E-state index in [0.717, 1.165) is 12.8 Å². The molecule has 0 radical (unpaired) electrons. The summed E-state index contributed by atoms with van der Waals surface area (Å²) >= 11 is 0. The van der Waals surface area contributed by atoms with Gasteiger partial charge in [0.2, 0.25) is 0 Å². The molecule has 0 unspecified atom stereocenters. The van der Waals surface area contributed by atoms with Gasteiger partial charge in [-0.3, -0.25) is 4.79 Å². The second-order valence-corrected chi connectivity index (χ2v) is 4.50. The van der Waals surface area contributed by atoms with Crippen molar-refractivity contribution in [2.45, 2.75) is 46.0 Å². The first-order valence-electron chi connectivity index (χ1n) is 6.62. The molecular formula is C15H22O3. The summed E-state index contributed by atoms with van der Waals surface area (Å²) < 4.78 is 5.49. The van der Waals surface area contributed by atoms with Crippen molar-refractivity contribution in [3.8, 4) is 11.5 Å². The third-order valence-electron chi connectivity index (χ3n) is 2.87. The maximum atomic E-state index is 11.1. The molecule has 0 aliphatic carbocycles. The fourth-order valence-corrected chi connectivity index (χ4v) is 1.75. The molecule has 0 saturated carbocycles. The quantitative estimate of drug-likeness (QED) is 0.561. The largest absolute Gasteiger partial charge is 0.504 e. The molecule has 0 fully saturated rings. The summed E-state index contributed by atoms with van der Waals surface area (Å²) in [7, 11) is 0. The number of phenols is 1. The number of unbranched alkanes of at least 4 members (excludes halogenated alkanes) is 4. The van der Waals surface area contributed by atoms with Crippen LogP contribution >= 0.6 is 0 Å². The molecule has 0 aliphatic rings. The van der Waals surface area contributed by atoms with E-state index < -0.39 is 0 Å². The second-order valence-electron chi connectivity index (χ2n) is 4.50. The molecule has 1 rings (SSSR count). The minimum Gasteiger partial charge on any atom is -0.504 e. The Morgan fingerprint density at radius 1 is 1.22 bits per heavy atom. The Labute approximate surface area is 109 Å². The van der Waals surface area contributed by atoms with Crippen LogP contribution in [0.3, 0.4) is 0 Å². The number of carbonyl (C=O) groups excluding carboxylic acids is 1. The molecule has 1 aromatic carbocycles. The molecule has 0 saturated heterocycles. The maximum absolute atomic E-state index is 11.1. The normalized spacial score (nSPS) is 10.3. The van der Waals surface area contributed by atoms with E-state index in [-0.39, 0.29) is 11.5 Å². The van der Waals surface area contributed by atoms with Crippen LogP contribution in [-0.2, 0) is 0 Å². The van der Waals surface area contributed by atoms with E-state index in [0.29, 0.717) is 17.9 Å². The predicted molar refractivity (Wildman–Crippen MR) is 72.4 cm³/mol. The molecule has 0 amide bonds. The van der Waals surface area contributed by atoms with E-state index in [1.54, 1.807) is 12.1 Å². The third-order valence-corrected chi connectivity index (χ3v) is 2.87. The Balaban J connectivity index is 2.36. The molecule has 1 aromatic rings. The van der Waals surface area contributed by atoms with Crippen LogP contribution in [0.2, 0.25) is 0 Å². The molecule has 18 heavy (non-hydrogen) atoms. The van der Waals surface area contributed by atoms with Crippen molar-refractivity contribution in [1.29, 1.82) is 0 Å². The zero-order chi connectivity index (χ0) is 13.4. The van der Waals surface area contributed by atoms with Crippen LogP contribution in [0.4, 0.5) is 0 Å². The fourth-order valence-electron chi connectivity index (χ4n) is 1.75. The first kappa shape index (κ1) is 14.6. The monoisotopic (exact) mass is 250 g/mol. The molecule has 0 aromatic heterocycles. The van der Waals surface area contributed by atoms with Crippen LogP contribution in [0.15, 0.2) is 18.2 Å². The summed E-state index contributed by atoms with van der Waals surface area (Å²) in [4.78, 5) is 11.1. The van der Waals surface area contributed by atoms with Crippen molar-refractivity contribution in [3.63, 3.8) is 0 Å². The minimum absolute atomic E-state index is 0.0382. The summed E-state index contributed by atoms with van der Waals surface area (Å²) in [6.07, 6.45) is 5.87. The van der Waals surface area contributed by atoms with E-state index in [2.05, 4.69) is 6.92 Å². The van der Waals surface area contributed by atoms with Gasteiger partial charge < -0.3 is 9.84 Å². The highest BCUT2D eigenvalue weighted by atomic mass is 16.5. The SMILES string of the molecule is CCCCCCCOc1ccc(C(C)=O)cc1O. The number of hydrogen-bond donors (Lipinski definition) is 1. The number of Topliss-reactive ketones (excluding diaryl/α,β-unsaturated/α-hetero) is 1. The van der Waals surface area contributed by atoms with E-state index >= 15 is 0 Å². The molecule has 0 heterocycles. The van der Waals surface area contributed by atoms with Crippen molar-refractivity contribution in [1.82, 2.24) is 0 Å². The Morgan fingerprint density at radius 3 is 2.56 bits per heavy atom. The lowest BCUT2D eigenvalue weighted by Crippen LogP contribution is -1.99. The lowest BCUT2D eigenvalue weighted by molar-refractivity contribution is 0.101. The van der Waals surface area contributed by atoms with E-state index in [4.69, 9.17) is 4.74 Å². The van der Waals surface area contributed by atoms with Crippen LogP contribution in [-0.4, -0.2) is 17.5 Å². The summed E-state index contributed by atoms with van der Waals surface area (Å²) in [5.74, 6) is 0.433. The first-order chi connectivity index (χ1) is 8.65. The number of phenolic OH excluding ortho intramolecular Hbond substituents is 1. The van der Waals surface area contributed by atoms with Gasteiger partial charge in [-0.05, 0) is 31.5 Å². The van der Waals surface area contributed by atoms with Gasteiger partial charge in [0.15, 0.2) is 17.3 Å². The highest BCUT2D eigenvalue weighted by Gasteiger charge is 2.06. The average Bonchev–Trinajstić information content (AvgIpc) is 2.35. The zero-order valence-electron chi connectivity index (χ0n) is 11.2. The number of benzene rings is 1. The lowest BCUT2D eigenvalue weighted by atomic mass is 10.1. The number of rotatable bonds is 8. The minimum atomic E-state index is -0.0589. The molecule has 0 atom stereocenters. The van der Waals surface area contributed by atoms with Gasteiger partial charge in [0.05, 0.1) is 6.61 Å². The van der Waals surface area contributed by atoms with E-state index in [9.17, 15) is 9.90 Å². The lowest BCUT2D eigenvalue weighted by Gasteiger charge is -2.08. The molecule has 3 nitrogen and oxygen atoms in total. The molecule has 0 bridgehead atoms. The smallest absolute Gasteiger partial charge is 0.160 e. The summed E-state index contributed by atoms with van der Waals surface area (Å²) in [5.41, 5.74) is 0.503. The van der Waals surface area contributed by atoms with Crippen LogP contribution in [0.5, 0.6) is 11.5 Å². The predicted octanol–water partition coefficient (Wildman–Crippen LogP) is 3.94. The van der Waals surface area contributed by atoms with Gasteiger partial charge in [-0.15, -0.1) is 0 Å². The molecule has 100 valence electrons. The van der Waals surface area contributed by atoms with Crippen molar-refractivity contribution in [2.24, 2.45) is 0 Å². The van der Waals surface area contributed by atoms with Gasteiger partial charge >= 0.3 is 0 Å². The third kappa shape index (κ3) is 4.78. The van der Waals surface area contributed by atoms with Crippen LogP contribution < -0.4 is 4.74 Å². The molecule has 0 spiro atoms. The van der Waals surface area contributed by atoms with Gasteiger partial charge in [-0.2, -0.15) is 0 Å². The molecule has 0 aliphatic heterocycles. The van der Waals surface area contributed by atoms with Crippen molar-refractivity contribution in [2.75, 3.05) is 6.61 Å². The number of carbonyl (C=O) groups is 1. The van der Waals surface area contributed by atoms with E-state index in [1.165, 1.54) is 32.3 Å². The average molecular weight is 250 g/mol. The fraction of sp³-hybridized carbons (Fsp3) is 0.533. The number of ketones is 1. The van der Waals surface area contributed by atoms with Gasteiger partial charge in [-0.1, -0.05) is 32.6 Å². The van der Waals surface area contributed by atoms with Gasteiger partial charge in [0.1, 0.15) is 0 Å². The van der Waals surface area contributed by atoms with Crippen LogP contribution in [0, 0.1) is 0 Å². The Bertz CT molecular complexity index is 385. The zero-order valence-corrected chi connectivity index (χ0v) is 11.2. The standard InChI is InChI=1S/C15H22O3/c1-3-4-5-6-7-10-18-15-9-8-13(12(2)16)11-14(15)17/h8-9,11,17H,3-7,10H2,1-2H3. The van der Waals surface area contributed by atoms with Crippen LogP contribution in [0.25, 0.3) is 0 Å². The maximum Gasteiger partial charge on any atom is 0.160 e. The first-order valence-corrected chi connectivity index (χ1v) is 6.62. The Kier molecular flexibility index (Phi) is 6.26. The number of ether oxygens (including phenoxy) is 1.